The number of carbonyl (C=O) groups is 2. The van der Waals surface area contributed by atoms with Gasteiger partial charge in [0, 0.05) is 31.0 Å². The highest BCUT2D eigenvalue weighted by Crippen LogP contribution is 2.42. The zero-order valence-electron chi connectivity index (χ0n) is 10.5. The molecule has 0 aliphatic carbocycles. The number of thioether (sulfide) groups is 1. The molecule has 0 unspecified atom stereocenters. The SMILES string of the molecule is CC(=O)N1[C@@H](C(=O)O)CS[C@@H]1c1cnn(C)c1C. The van der Waals surface area contributed by atoms with E-state index in [1.54, 1.807) is 10.9 Å². The summed E-state index contributed by atoms with van der Waals surface area (Å²) in [6.07, 6.45) is 1.70. The van der Waals surface area contributed by atoms with Crippen molar-refractivity contribution in [2.45, 2.75) is 25.3 Å². The van der Waals surface area contributed by atoms with Crippen LogP contribution >= 0.6 is 11.8 Å². The molecule has 0 radical (unpaired) electrons. The van der Waals surface area contributed by atoms with Crippen molar-refractivity contribution in [2.24, 2.45) is 7.05 Å². The van der Waals surface area contributed by atoms with E-state index in [-0.39, 0.29) is 11.3 Å². The smallest absolute Gasteiger partial charge is 0.327 e. The number of carboxylic acid groups (broad SMARTS) is 1. The first kappa shape index (κ1) is 12.9. The lowest BCUT2D eigenvalue weighted by Gasteiger charge is -2.25. The molecule has 6 nitrogen and oxygen atoms in total. The van der Waals surface area contributed by atoms with Crippen LogP contribution in [0.4, 0.5) is 0 Å². The molecule has 1 saturated heterocycles. The van der Waals surface area contributed by atoms with Crippen LogP contribution in [0, 0.1) is 6.92 Å². The van der Waals surface area contributed by atoms with Gasteiger partial charge in [0.25, 0.3) is 0 Å². The maximum atomic E-state index is 11.7. The minimum absolute atomic E-state index is 0.222. The fourth-order valence-corrected chi connectivity index (χ4v) is 3.61. The lowest BCUT2D eigenvalue weighted by molar-refractivity contribution is -0.148. The molecule has 1 fully saturated rings. The third-order valence-corrected chi connectivity index (χ3v) is 4.49. The van der Waals surface area contributed by atoms with E-state index in [1.165, 1.54) is 23.6 Å². The number of amides is 1. The van der Waals surface area contributed by atoms with Gasteiger partial charge in [0.2, 0.25) is 5.91 Å². The highest BCUT2D eigenvalue weighted by molar-refractivity contribution is 7.99. The molecule has 2 rings (SSSR count). The molecule has 1 N–H and O–H groups in total. The predicted molar refractivity (Wildman–Crippen MR) is 67.1 cm³/mol. The topological polar surface area (TPSA) is 75.4 Å². The van der Waals surface area contributed by atoms with Crippen LogP contribution in [-0.2, 0) is 16.6 Å². The van der Waals surface area contributed by atoms with Gasteiger partial charge in [0.15, 0.2) is 0 Å². The van der Waals surface area contributed by atoms with E-state index in [0.717, 1.165) is 11.3 Å². The van der Waals surface area contributed by atoms with Crippen molar-refractivity contribution in [1.82, 2.24) is 14.7 Å². The summed E-state index contributed by atoms with van der Waals surface area (Å²) in [4.78, 5) is 24.3. The average Bonchev–Trinajstić information content (AvgIpc) is 2.84. The van der Waals surface area contributed by atoms with Gasteiger partial charge in [-0.25, -0.2) is 4.79 Å². The van der Waals surface area contributed by atoms with Crippen LogP contribution in [0.1, 0.15) is 23.6 Å². The second kappa shape index (κ2) is 4.64. The molecular formula is C11H15N3O3S. The van der Waals surface area contributed by atoms with Gasteiger partial charge in [-0.3, -0.25) is 9.48 Å². The van der Waals surface area contributed by atoms with Crippen molar-refractivity contribution in [3.8, 4) is 0 Å². The third-order valence-electron chi connectivity index (χ3n) is 3.19. The van der Waals surface area contributed by atoms with E-state index in [1.807, 2.05) is 14.0 Å². The number of carbonyl (C=O) groups excluding carboxylic acids is 1. The Labute approximate surface area is 109 Å². The number of hydrogen-bond donors (Lipinski definition) is 1. The molecule has 1 aromatic heterocycles. The first-order chi connectivity index (χ1) is 8.43. The summed E-state index contributed by atoms with van der Waals surface area (Å²) in [7, 11) is 1.82. The maximum absolute atomic E-state index is 11.7. The number of aryl methyl sites for hydroxylation is 1. The van der Waals surface area contributed by atoms with Crippen LogP contribution in [-0.4, -0.2) is 43.5 Å². The second-order valence-corrected chi connectivity index (χ2v) is 5.39. The Balaban J connectivity index is 2.37. The van der Waals surface area contributed by atoms with Gasteiger partial charge in [-0.05, 0) is 6.92 Å². The van der Waals surface area contributed by atoms with Crippen LogP contribution in [0.2, 0.25) is 0 Å². The van der Waals surface area contributed by atoms with Crippen molar-refractivity contribution in [2.75, 3.05) is 5.75 Å². The molecule has 7 heteroatoms. The molecule has 1 aromatic rings. The number of rotatable bonds is 2. The van der Waals surface area contributed by atoms with Crippen LogP contribution in [0.5, 0.6) is 0 Å². The molecule has 0 bridgehead atoms. The lowest BCUT2D eigenvalue weighted by Crippen LogP contribution is -2.41. The van der Waals surface area contributed by atoms with Crippen LogP contribution < -0.4 is 0 Å². The largest absolute Gasteiger partial charge is 0.480 e. The highest BCUT2D eigenvalue weighted by Gasteiger charge is 2.42. The average molecular weight is 269 g/mol. The van der Waals surface area contributed by atoms with Gasteiger partial charge in [-0.1, -0.05) is 0 Å². The van der Waals surface area contributed by atoms with Gasteiger partial charge >= 0.3 is 5.97 Å². The van der Waals surface area contributed by atoms with Crippen LogP contribution in [0.3, 0.4) is 0 Å². The zero-order chi connectivity index (χ0) is 13.4. The number of aromatic nitrogens is 2. The minimum Gasteiger partial charge on any atom is -0.480 e. The zero-order valence-corrected chi connectivity index (χ0v) is 11.3. The number of nitrogens with zero attached hydrogens (tertiary/aromatic N) is 3. The van der Waals surface area contributed by atoms with Crippen molar-refractivity contribution < 1.29 is 14.7 Å². The molecule has 1 aliphatic rings. The molecule has 2 atom stereocenters. The molecule has 1 amide bonds. The summed E-state index contributed by atoms with van der Waals surface area (Å²) in [5.74, 6) is -0.768. The van der Waals surface area contributed by atoms with E-state index >= 15 is 0 Å². The number of aliphatic carboxylic acids is 1. The number of hydrogen-bond acceptors (Lipinski definition) is 4. The van der Waals surface area contributed by atoms with Crippen LogP contribution in [0.25, 0.3) is 0 Å². The Bertz CT molecular complexity index is 500. The van der Waals surface area contributed by atoms with Gasteiger partial charge in [0.05, 0.1) is 6.20 Å². The Morgan fingerprint density at radius 2 is 2.22 bits per heavy atom. The quantitative estimate of drug-likeness (QED) is 0.858. The fourth-order valence-electron chi connectivity index (χ4n) is 2.08. The van der Waals surface area contributed by atoms with Gasteiger partial charge in [-0.15, -0.1) is 11.8 Å². The summed E-state index contributed by atoms with van der Waals surface area (Å²) in [5.41, 5.74) is 1.85. The number of carboxylic acids is 1. The van der Waals surface area contributed by atoms with Crippen molar-refractivity contribution in [1.29, 1.82) is 0 Å². The normalized spacial score (nSPS) is 23.4. The molecule has 1 aliphatic heterocycles. The molecule has 0 aromatic carbocycles. The van der Waals surface area contributed by atoms with E-state index in [2.05, 4.69) is 5.10 Å². The summed E-state index contributed by atoms with van der Waals surface area (Å²) in [6.45, 7) is 3.32. The Morgan fingerprint density at radius 1 is 1.56 bits per heavy atom. The molecule has 0 spiro atoms. The Morgan fingerprint density at radius 3 is 2.67 bits per heavy atom. The van der Waals surface area contributed by atoms with E-state index < -0.39 is 12.0 Å². The summed E-state index contributed by atoms with van der Waals surface area (Å²) in [6, 6.07) is -0.753. The van der Waals surface area contributed by atoms with Crippen molar-refractivity contribution in [3.05, 3.63) is 17.5 Å². The monoisotopic (exact) mass is 269 g/mol. The minimum atomic E-state index is -0.957. The van der Waals surface area contributed by atoms with E-state index in [0.29, 0.717) is 5.75 Å². The maximum Gasteiger partial charge on any atom is 0.327 e. The first-order valence-electron chi connectivity index (χ1n) is 5.55. The van der Waals surface area contributed by atoms with Crippen LogP contribution in [0.15, 0.2) is 6.20 Å². The standard InChI is InChI=1S/C11H15N3O3S/c1-6-8(4-12-13(6)3)10-14(7(2)15)9(5-18-10)11(16)17/h4,9-10H,5H2,1-3H3,(H,16,17)/t9-,10-/m1/s1. The van der Waals surface area contributed by atoms with Gasteiger partial charge in [0.1, 0.15) is 11.4 Å². The molecule has 18 heavy (non-hydrogen) atoms. The Hall–Kier alpha value is -1.50. The van der Waals surface area contributed by atoms with E-state index in [4.69, 9.17) is 5.11 Å². The van der Waals surface area contributed by atoms with Gasteiger partial charge < -0.3 is 10.0 Å². The molecule has 98 valence electrons. The molecule has 0 saturated carbocycles. The van der Waals surface area contributed by atoms with E-state index in [9.17, 15) is 9.59 Å². The van der Waals surface area contributed by atoms with Crippen molar-refractivity contribution >= 4 is 23.6 Å². The molecule has 2 heterocycles. The summed E-state index contributed by atoms with van der Waals surface area (Å²) >= 11 is 1.47. The summed E-state index contributed by atoms with van der Waals surface area (Å²) in [5, 5.41) is 13.0. The highest BCUT2D eigenvalue weighted by atomic mass is 32.2. The predicted octanol–water partition coefficient (Wildman–Crippen LogP) is 0.776. The second-order valence-electron chi connectivity index (χ2n) is 4.27. The first-order valence-corrected chi connectivity index (χ1v) is 6.60. The Kier molecular flexibility index (Phi) is 3.34. The van der Waals surface area contributed by atoms with Gasteiger partial charge in [-0.2, -0.15) is 5.10 Å². The summed E-state index contributed by atoms with van der Waals surface area (Å²) < 4.78 is 1.72. The van der Waals surface area contributed by atoms with Crippen molar-refractivity contribution in [3.63, 3.8) is 0 Å². The fraction of sp³-hybridized carbons (Fsp3) is 0.545. The lowest BCUT2D eigenvalue weighted by atomic mass is 10.2. The molecular weight excluding hydrogens is 254 g/mol. The third kappa shape index (κ3) is 1.98.